The number of alkyl halides is 3. The molecule has 122 valence electrons. The van der Waals surface area contributed by atoms with Crippen molar-refractivity contribution in [2.75, 3.05) is 7.11 Å². The van der Waals surface area contributed by atoms with Gasteiger partial charge in [0.2, 0.25) is 5.76 Å². The molecule has 1 aliphatic carbocycles. The standard InChI is InChI=1S/C15H11F3O5/c1-22-14(21)9-8-10(19)6-4-2-3-5-7(6)11(20)12(8)23-13(9)15(16,17)18/h2-5,10-11,19-20H,1H3. The van der Waals surface area contributed by atoms with E-state index in [9.17, 15) is 28.2 Å². The highest BCUT2D eigenvalue weighted by Crippen LogP contribution is 2.48. The smallest absolute Gasteiger partial charge is 0.450 e. The van der Waals surface area contributed by atoms with E-state index >= 15 is 0 Å². The molecular formula is C15H11F3O5. The molecule has 1 aromatic heterocycles. The summed E-state index contributed by atoms with van der Waals surface area (Å²) in [7, 11) is 0.918. The lowest BCUT2D eigenvalue weighted by Gasteiger charge is -2.25. The lowest BCUT2D eigenvalue weighted by Crippen LogP contribution is -2.19. The minimum atomic E-state index is -4.98. The quantitative estimate of drug-likeness (QED) is 0.787. The van der Waals surface area contributed by atoms with Crippen molar-refractivity contribution in [2.24, 2.45) is 0 Å². The molecule has 0 aliphatic heterocycles. The van der Waals surface area contributed by atoms with Crippen molar-refractivity contribution in [3.63, 3.8) is 0 Å². The molecule has 1 heterocycles. The summed E-state index contributed by atoms with van der Waals surface area (Å²) in [5.41, 5.74) is -0.926. The second kappa shape index (κ2) is 5.10. The highest BCUT2D eigenvalue weighted by Gasteiger charge is 2.47. The number of fused-ring (bicyclic) bond motifs is 2. The van der Waals surface area contributed by atoms with Crippen LogP contribution < -0.4 is 0 Å². The number of carbonyl (C=O) groups is 1. The number of hydrogen-bond donors (Lipinski definition) is 2. The fourth-order valence-corrected chi connectivity index (χ4v) is 2.75. The molecule has 0 spiro atoms. The lowest BCUT2D eigenvalue weighted by atomic mass is 9.84. The van der Waals surface area contributed by atoms with Crippen molar-refractivity contribution in [3.8, 4) is 0 Å². The number of aliphatic hydroxyl groups excluding tert-OH is 2. The number of rotatable bonds is 1. The van der Waals surface area contributed by atoms with Crippen LogP contribution in [0, 0.1) is 0 Å². The Morgan fingerprint density at radius 1 is 1.17 bits per heavy atom. The van der Waals surface area contributed by atoms with Crippen LogP contribution in [0.4, 0.5) is 13.2 Å². The van der Waals surface area contributed by atoms with Gasteiger partial charge in [-0.25, -0.2) is 4.79 Å². The Morgan fingerprint density at radius 2 is 1.74 bits per heavy atom. The summed E-state index contributed by atoms with van der Waals surface area (Å²) in [4.78, 5) is 11.8. The van der Waals surface area contributed by atoms with Crippen LogP contribution >= 0.6 is 0 Å². The predicted octanol–water partition coefficient (Wildman–Crippen LogP) is 2.56. The molecule has 1 aliphatic rings. The molecule has 2 aromatic rings. The second-order valence-electron chi connectivity index (χ2n) is 5.01. The molecule has 2 N–H and O–H groups in total. The van der Waals surface area contributed by atoms with E-state index in [0.29, 0.717) is 0 Å². The molecule has 2 unspecified atom stereocenters. The lowest BCUT2D eigenvalue weighted by molar-refractivity contribution is -0.154. The maximum atomic E-state index is 13.1. The van der Waals surface area contributed by atoms with E-state index in [-0.39, 0.29) is 11.1 Å². The minimum absolute atomic E-state index is 0.201. The van der Waals surface area contributed by atoms with Crippen LogP contribution in [-0.4, -0.2) is 23.3 Å². The molecule has 0 amide bonds. The van der Waals surface area contributed by atoms with E-state index in [4.69, 9.17) is 4.42 Å². The summed E-state index contributed by atoms with van der Waals surface area (Å²) in [5, 5.41) is 20.7. The summed E-state index contributed by atoms with van der Waals surface area (Å²) in [6.45, 7) is 0. The number of carbonyl (C=O) groups excluding carboxylic acids is 1. The molecule has 0 fully saturated rings. The van der Waals surface area contributed by atoms with Crippen LogP contribution in [0.3, 0.4) is 0 Å². The van der Waals surface area contributed by atoms with Gasteiger partial charge in [-0.1, -0.05) is 24.3 Å². The molecule has 0 radical (unpaired) electrons. The van der Waals surface area contributed by atoms with Crippen LogP contribution in [0.1, 0.15) is 50.8 Å². The summed E-state index contributed by atoms with van der Waals surface area (Å²) >= 11 is 0. The molecule has 0 bridgehead atoms. The van der Waals surface area contributed by atoms with Crippen molar-refractivity contribution in [1.29, 1.82) is 0 Å². The Bertz CT molecular complexity index is 778. The van der Waals surface area contributed by atoms with Crippen LogP contribution in [0.25, 0.3) is 0 Å². The largest absolute Gasteiger partial charge is 0.465 e. The SMILES string of the molecule is COC(=O)c1c(C(F)(F)F)oc2c1C(O)c1ccccc1C2O. The Morgan fingerprint density at radius 3 is 2.26 bits per heavy atom. The number of benzene rings is 1. The van der Waals surface area contributed by atoms with Gasteiger partial charge >= 0.3 is 12.1 Å². The summed E-state index contributed by atoms with van der Waals surface area (Å²) in [6, 6.07) is 6.03. The Labute approximate surface area is 127 Å². The highest BCUT2D eigenvalue weighted by molar-refractivity contribution is 5.93. The van der Waals surface area contributed by atoms with E-state index < -0.39 is 47.0 Å². The summed E-state index contributed by atoms with van der Waals surface area (Å²) in [6.07, 6.45) is -8.05. The zero-order valence-electron chi connectivity index (χ0n) is 11.7. The molecule has 23 heavy (non-hydrogen) atoms. The van der Waals surface area contributed by atoms with Crippen LogP contribution in [0.2, 0.25) is 0 Å². The third-order valence-corrected chi connectivity index (χ3v) is 3.73. The van der Waals surface area contributed by atoms with Gasteiger partial charge in [-0.3, -0.25) is 0 Å². The maximum Gasteiger partial charge on any atom is 0.450 e. The summed E-state index contributed by atoms with van der Waals surface area (Å²) < 4.78 is 48.6. The zero-order chi connectivity index (χ0) is 16.9. The van der Waals surface area contributed by atoms with Gasteiger partial charge in [0.1, 0.15) is 23.5 Å². The van der Waals surface area contributed by atoms with E-state index in [1.807, 2.05) is 0 Å². The van der Waals surface area contributed by atoms with Crippen LogP contribution in [0.5, 0.6) is 0 Å². The first-order valence-electron chi connectivity index (χ1n) is 6.54. The number of hydrogen-bond acceptors (Lipinski definition) is 5. The van der Waals surface area contributed by atoms with Crippen molar-refractivity contribution in [1.82, 2.24) is 0 Å². The third kappa shape index (κ3) is 2.22. The van der Waals surface area contributed by atoms with Gasteiger partial charge in [-0.05, 0) is 11.1 Å². The van der Waals surface area contributed by atoms with E-state index in [1.54, 1.807) is 12.1 Å². The Kier molecular flexibility index (Phi) is 3.46. The first-order valence-corrected chi connectivity index (χ1v) is 6.54. The average Bonchev–Trinajstić information content (AvgIpc) is 2.93. The molecule has 0 saturated carbocycles. The van der Waals surface area contributed by atoms with Crippen molar-refractivity contribution in [2.45, 2.75) is 18.4 Å². The van der Waals surface area contributed by atoms with Crippen LogP contribution in [0.15, 0.2) is 28.7 Å². The van der Waals surface area contributed by atoms with E-state index in [1.165, 1.54) is 12.1 Å². The number of esters is 1. The number of aliphatic hydroxyl groups is 2. The van der Waals surface area contributed by atoms with Gasteiger partial charge < -0.3 is 19.4 Å². The summed E-state index contributed by atoms with van der Waals surface area (Å²) in [5.74, 6) is -3.41. The predicted molar refractivity (Wildman–Crippen MR) is 69.6 cm³/mol. The molecule has 8 heteroatoms. The fourth-order valence-electron chi connectivity index (χ4n) is 2.75. The fraction of sp³-hybridized carbons (Fsp3) is 0.267. The molecule has 5 nitrogen and oxygen atoms in total. The Hall–Kier alpha value is -2.32. The molecule has 1 aromatic carbocycles. The maximum absolute atomic E-state index is 13.1. The van der Waals surface area contributed by atoms with E-state index in [2.05, 4.69) is 4.74 Å². The molecular weight excluding hydrogens is 317 g/mol. The normalized spacial score (nSPS) is 19.9. The topological polar surface area (TPSA) is 79.9 Å². The highest BCUT2D eigenvalue weighted by atomic mass is 19.4. The zero-order valence-corrected chi connectivity index (χ0v) is 11.7. The van der Waals surface area contributed by atoms with E-state index in [0.717, 1.165) is 7.11 Å². The number of halogens is 3. The number of ether oxygens (including phenoxy) is 1. The minimum Gasteiger partial charge on any atom is -0.465 e. The third-order valence-electron chi connectivity index (χ3n) is 3.73. The van der Waals surface area contributed by atoms with Gasteiger partial charge in [0, 0.05) is 5.56 Å². The van der Waals surface area contributed by atoms with Crippen LogP contribution in [-0.2, 0) is 10.9 Å². The van der Waals surface area contributed by atoms with Gasteiger partial charge in [0.15, 0.2) is 0 Å². The second-order valence-corrected chi connectivity index (χ2v) is 5.01. The number of furan rings is 1. The molecule has 3 rings (SSSR count). The van der Waals surface area contributed by atoms with Crippen molar-refractivity contribution in [3.05, 3.63) is 58.0 Å². The first-order chi connectivity index (χ1) is 10.8. The molecule has 2 atom stereocenters. The first kappa shape index (κ1) is 15.6. The number of methoxy groups -OCH3 is 1. The molecule has 0 saturated heterocycles. The van der Waals surface area contributed by atoms with Gasteiger partial charge in [0.25, 0.3) is 0 Å². The van der Waals surface area contributed by atoms with Gasteiger partial charge in [-0.15, -0.1) is 0 Å². The van der Waals surface area contributed by atoms with Gasteiger partial charge in [0.05, 0.1) is 7.11 Å². The van der Waals surface area contributed by atoms with Crippen molar-refractivity contribution >= 4 is 5.97 Å². The van der Waals surface area contributed by atoms with Gasteiger partial charge in [-0.2, -0.15) is 13.2 Å². The average molecular weight is 328 g/mol. The van der Waals surface area contributed by atoms with Crippen molar-refractivity contribution < 1.29 is 37.3 Å². The monoisotopic (exact) mass is 328 g/mol. The Balaban J connectivity index is 2.31.